The number of carbonyl (C=O) groups excluding carboxylic acids is 3. The van der Waals surface area contributed by atoms with Crippen LogP contribution in [0, 0.1) is 225 Å². The van der Waals surface area contributed by atoms with Crippen LogP contribution in [-0.4, -0.2) is 141 Å². The molecule has 22 heteroatoms. The fourth-order valence-corrected chi connectivity index (χ4v) is 15.4. The average molecular weight is 1990 g/mol. The van der Waals surface area contributed by atoms with Crippen LogP contribution in [0.5, 0.6) is 0 Å². The Morgan fingerprint density at radius 2 is 1.09 bits per heavy atom. The Hall–Kier alpha value is 2.06. The summed E-state index contributed by atoms with van der Waals surface area (Å²) in [5, 5.41) is 63.8. The molecule has 10 aliphatic rings. The van der Waals surface area contributed by atoms with Gasteiger partial charge >= 0.3 is 24.1 Å². The van der Waals surface area contributed by atoms with Gasteiger partial charge in [-0.25, -0.2) is 4.79 Å². The number of hydrogen-bond donors (Lipinski definition) is 9. The van der Waals surface area contributed by atoms with Crippen LogP contribution in [0.2, 0.25) is 0 Å². The zero-order valence-corrected chi connectivity index (χ0v) is 70.5. The van der Waals surface area contributed by atoms with E-state index < -0.39 is 11.9 Å². The molecule has 0 bridgehead atoms. The van der Waals surface area contributed by atoms with Gasteiger partial charge in [-0.2, -0.15) is 4.79 Å². The number of hydrogen-bond acceptors (Lipinski definition) is 13. The Morgan fingerprint density at radius 1 is 0.640 bits per heavy atom. The van der Waals surface area contributed by atoms with E-state index in [0.717, 1.165) is 107 Å². The van der Waals surface area contributed by atoms with Crippen LogP contribution in [0.4, 0.5) is 0 Å². The molecular formula is C64H114Ac3ClIN4O13. The first-order valence-corrected chi connectivity index (χ1v) is 33.2. The fourth-order valence-electron chi connectivity index (χ4n) is 14.6. The van der Waals surface area contributed by atoms with Crippen molar-refractivity contribution in [1.29, 1.82) is 0 Å². The Labute approximate surface area is 645 Å². The molecule has 2 aliphatic heterocycles. The number of amides is 1. The number of aliphatic hydroxyl groups excluding tert-OH is 6. The summed E-state index contributed by atoms with van der Waals surface area (Å²) in [5.41, 5.74) is 14.2. The third-order valence-corrected chi connectivity index (χ3v) is 20.8. The van der Waals surface area contributed by atoms with Crippen molar-refractivity contribution in [2.24, 2.45) is 98.9 Å². The van der Waals surface area contributed by atoms with E-state index in [1.54, 1.807) is 0 Å². The van der Waals surface area contributed by atoms with Crippen LogP contribution >= 0.6 is 35.0 Å². The van der Waals surface area contributed by atoms with Crippen LogP contribution < -0.4 is 11.1 Å². The number of alkyl halides is 1. The van der Waals surface area contributed by atoms with E-state index in [9.17, 15) is 19.2 Å². The maximum Gasteiger partial charge on any atom is 0.413 e. The minimum Gasteiger partial charge on any atom is -0.481 e. The second kappa shape index (κ2) is 49.6. The van der Waals surface area contributed by atoms with Gasteiger partial charge < -0.3 is 61.8 Å². The van der Waals surface area contributed by atoms with Gasteiger partial charge in [-0.15, -0.1) is 12.4 Å². The third kappa shape index (κ3) is 35.7. The summed E-state index contributed by atoms with van der Waals surface area (Å²) in [7, 11) is 0. The van der Waals surface area contributed by atoms with Crippen LogP contribution in [0.3, 0.4) is 0 Å². The molecule has 0 aromatic heterocycles. The SMILES string of the molecule is C[C@@H]1CC[C@@](CN)(CC(=O)O)C1.C[C@@H]1CC[C@H](CO)C1.C[C@@H]1CC[C@H](COC(=O)C=[N+]=[N-])C1.C[C@@H]1CC[C@]2(CNC(=O)C2)C1.C[C@@H]1CC[C@]2(COC(=O)C2)C1.Cl.OC[C@@H]1CC[C@H](CO)C1.OC[C@H]1C=C[C@@H](CO)C1.OC[C@H]1CC[C@@H](CI)C1.[Ac].[Ac].[Ac]. The van der Waals surface area contributed by atoms with Crippen molar-refractivity contribution in [3.05, 3.63) is 17.7 Å². The number of cyclic esters (lactones) is 1. The normalized spacial score (nSPS) is 34.5. The molecule has 2 saturated heterocycles. The van der Waals surface area contributed by atoms with Crippen molar-refractivity contribution in [2.45, 2.75) is 195 Å². The molecule has 17 nitrogen and oxygen atoms in total. The first-order chi connectivity index (χ1) is 39.1. The minimum absolute atomic E-state index is 0. The molecule has 2 spiro atoms. The Bertz CT molecular complexity index is 1860. The molecule has 8 aliphatic carbocycles. The number of esters is 2. The number of carbonyl (C=O) groups is 4. The molecule has 86 heavy (non-hydrogen) atoms. The number of halogens is 2. The predicted molar refractivity (Wildman–Crippen MR) is 336 cm³/mol. The molecule has 7 saturated carbocycles. The molecule has 9 fully saturated rings. The van der Waals surface area contributed by atoms with Gasteiger partial charge in [-0.1, -0.05) is 101 Å². The molecule has 2 heterocycles. The van der Waals surface area contributed by atoms with E-state index in [-0.39, 0.29) is 187 Å². The first-order valence-electron chi connectivity index (χ1n) is 31.7. The monoisotopic (exact) mass is 1990 g/mol. The first kappa shape index (κ1) is 90.1. The Balaban J connectivity index is 0. The molecule has 0 unspecified atom stereocenters. The van der Waals surface area contributed by atoms with Crippen molar-refractivity contribution in [3.63, 3.8) is 0 Å². The minimum atomic E-state index is -0.713. The van der Waals surface area contributed by atoms with Crippen molar-refractivity contribution in [3.8, 4) is 0 Å². The summed E-state index contributed by atoms with van der Waals surface area (Å²) in [6.45, 7) is 15.6. The molecular weight excluding hydrogens is 1880 g/mol. The summed E-state index contributed by atoms with van der Waals surface area (Å²) in [6.07, 6.45) is 32.3. The number of nitrogens with zero attached hydrogens (tertiary/aromatic N) is 2. The topological polar surface area (TPSA) is 303 Å². The largest absolute Gasteiger partial charge is 0.481 e. The number of nitrogens with two attached hydrogens (primary N) is 1. The summed E-state index contributed by atoms with van der Waals surface area (Å²) < 4.78 is 11.1. The number of carboxylic acids is 1. The molecule has 16 atom stereocenters. The van der Waals surface area contributed by atoms with E-state index in [4.69, 9.17) is 56.5 Å². The summed E-state index contributed by atoms with van der Waals surface area (Å²) in [4.78, 5) is 45.8. The second-order valence-corrected chi connectivity index (χ2v) is 28.4. The van der Waals surface area contributed by atoms with Crippen LogP contribution in [0.15, 0.2) is 12.2 Å². The summed E-state index contributed by atoms with van der Waals surface area (Å²) >= 11 is 2.43. The van der Waals surface area contributed by atoms with Crippen molar-refractivity contribution in [2.75, 3.05) is 70.4 Å². The standard InChI is InChI=1S/C9H14N2O2.C9H17NO2.C9H15NO.C9H14O2.C7H13IO.C7H14O2.C7H12O2.C7H14O.3Ac.ClH/c1-7-2-3-8(4-7)6-13-9(12)5-11-10;1-7-2-3-9(4-7,6-10)5-8(11)12;1-7-2-3-9(4-7)5-8(11)10-6-9;1-7-2-3-9(4-7)5-8(10)11-6-9;3*8-4-6-1-2-7(3-6)5-9;1-6-2-3-7(4-6)5-8;;;;/h5,7-8H,2-4,6H2,1H3;7H,2-6,10H2,1H3,(H,11,12);7H,2-6H2,1H3,(H,10,11);7H,2-6H2,1H3;6-7,9H,1-5H2;6-9H,1-5H2;1-2,6-9H,3-5H2;6-8H,2-5H2,1H3;;;;1H/t7-,8+;3*7-,9+;4*6-,7+;;;;/m11111..1..../s1. The zero-order valence-electron chi connectivity index (χ0n) is 53.3. The summed E-state index contributed by atoms with van der Waals surface area (Å²) in [5.74, 6) is 7.08. The second-order valence-electron chi connectivity index (χ2n) is 27.5. The van der Waals surface area contributed by atoms with E-state index in [1.165, 1.54) is 87.9 Å². The number of carboxylic acid groups (broad SMARTS) is 1. The van der Waals surface area contributed by atoms with Gasteiger partial charge in [0.15, 0.2) is 0 Å². The number of ether oxygens (including phenoxy) is 2. The Morgan fingerprint density at radius 3 is 1.41 bits per heavy atom. The van der Waals surface area contributed by atoms with Gasteiger partial charge in [0, 0.05) is 206 Å². The number of nitrogens with one attached hydrogen (secondary N) is 1. The van der Waals surface area contributed by atoms with Crippen molar-refractivity contribution in [1.82, 2.24) is 5.32 Å². The average Bonchev–Trinajstić information content (AvgIpc) is 4.51. The van der Waals surface area contributed by atoms with Gasteiger partial charge in [0.05, 0.1) is 26.1 Å². The van der Waals surface area contributed by atoms with Crippen LogP contribution in [0.25, 0.3) is 5.53 Å². The van der Waals surface area contributed by atoms with E-state index in [0.29, 0.717) is 105 Å². The molecule has 0 aromatic carbocycles. The summed E-state index contributed by atoms with van der Waals surface area (Å²) in [6, 6.07) is 0. The van der Waals surface area contributed by atoms with Gasteiger partial charge in [-0.3, -0.25) is 14.4 Å². The van der Waals surface area contributed by atoms with Crippen molar-refractivity contribution < 1.29 is 201 Å². The van der Waals surface area contributed by atoms with E-state index >= 15 is 0 Å². The molecule has 491 valence electrons. The quantitative estimate of drug-likeness (QED) is 0.0158. The molecule has 3 radical (unpaired) electrons. The van der Waals surface area contributed by atoms with E-state index in [1.807, 2.05) is 12.2 Å². The van der Waals surface area contributed by atoms with Gasteiger partial charge in [0.2, 0.25) is 5.91 Å². The molecule has 0 aromatic rings. The maximum atomic E-state index is 11.0. The molecule has 10 N–H and O–H groups in total. The number of aliphatic hydroxyl groups is 6. The number of rotatable bonds is 13. The fraction of sp³-hybridized carbons (Fsp3) is 0.891. The molecule has 10 rings (SSSR count). The third-order valence-electron chi connectivity index (χ3n) is 19.6. The van der Waals surface area contributed by atoms with Crippen LogP contribution in [-0.2, 0) is 28.7 Å². The maximum absolute atomic E-state index is 11.0. The van der Waals surface area contributed by atoms with Gasteiger partial charge in [0.25, 0.3) is 0 Å². The van der Waals surface area contributed by atoms with Crippen molar-refractivity contribution >= 4 is 65.0 Å². The van der Waals surface area contributed by atoms with Gasteiger partial charge in [-0.05, 0) is 192 Å². The zero-order chi connectivity index (χ0) is 60.7. The molecule has 1 amide bonds. The van der Waals surface area contributed by atoms with Crippen LogP contribution in [0.1, 0.15) is 195 Å². The number of aliphatic carboxylic acids is 1. The Kier molecular flexibility index (Phi) is 51.9. The van der Waals surface area contributed by atoms with Gasteiger partial charge in [0.1, 0.15) is 0 Å². The smallest absolute Gasteiger partial charge is 0.413 e. The predicted octanol–water partition coefficient (Wildman–Crippen LogP) is 9.76. The van der Waals surface area contributed by atoms with E-state index in [2.05, 4.69) is 67.3 Å².